The molecule has 60 valence electrons. The van der Waals surface area contributed by atoms with Crippen LogP contribution >= 0.6 is 0 Å². The third-order valence-corrected chi connectivity index (χ3v) is 1.08. The van der Waals surface area contributed by atoms with Gasteiger partial charge in [-0.25, -0.2) is 8.78 Å². The third kappa shape index (κ3) is 2.22. The van der Waals surface area contributed by atoms with Crippen LogP contribution in [0.4, 0.5) is 8.78 Å². The number of hydrogen-bond acceptors (Lipinski definition) is 3. The van der Waals surface area contributed by atoms with Gasteiger partial charge in [0.2, 0.25) is 6.04 Å². The predicted molar refractivity (Wildman–Crippen MR) is 28.5 cm³/mol. The molecule has 0 radical (unpaired) electrons. The fourth-order valence-corrected chi connectivity index (χ4v) is 0.335. The molecule has 0 aromatic heterocycles. The Labute approximate surface area is 55.6 Å². The normalized spacial score (nSPS) is 16.9. The van der Waals surface area contributed by atoms with Gasteiger partial charge in [0.25, 0.3) is 6.43 Å². The lowest BCUT2D eigenvalue weighted by Crippen LogP contribution is -2.36. The van der Waals surface area contributed by atoms with Crippen molar-refractivity contribution in [3.8, 4) is 0 Å². The minimum Gasteiger partial charge on any atom is -0.381 e. The van der Waals surface area contributed by atoms with E-state index in [1.165, 1.54) is 0 Å². The van der Waals surface area contributed by atoms with Gasteiger partial charge in [0.15, 0.2) is 6.10 Å². The van der Waals surface area contributed by atoms with E-state index < -0.39 is 23.5 Å². The number of aliphatic hydroxyl groups excluding tert-OH is 1. The zero-order chi connectivity index (χ0) is 8.31. The first-order chi connectivity index (χ1) is 4.46. The first-order valence-corrected chi connectivity index (χ1v) is 2.56. The standard InChI is InChI=1S/C4H7F2NO3/c1-2(7(9)10)3(8)4(5)6/h2-4,8H,1H3/t2-,3-/m0/s1. The van der Waals surface area contributed by atoms with Crippen molar-refractivity contribution in [2.45, 2.75) is 25.5 Å². The molecule has 1 N–H and O–H groups in total. The van der Waals surface area contributed by atoms with Gasteiger partial charge in [-0.05, 0) is 0 Å². The Balaban J connectivity index is 3.94. The average Bonchev–Trinajstić information content (AvgIpc) is 1.84. The molecule has 4 nitrogen and oxygen atoms in total. The van der Waals surface area contributed by atoms with E-state index in [0.717, 1.165) is 6.92 Å². The number of nitro groups is 1. The number of hydrogen-bond donors (Lipinski definition) is 1. The zero-order valence-electron chi connectivity index (χ0n) is 5.20. The van der Waals surface area contributed by atoms with Gasteiger partial charge in [-0.2, -0.15) is 0 Å². The predicted octanol–water partition coefficient (Wildman–Crippen LogP) is 0.278. The summed E-state index contributed by atoms with van der Waals surface area (Å²) in [6.07, 6.45) is -5.23. The Morgan fingerprint density at radius 2 is 2.00 bits per heavy atom. The molecule has 0 saturated carbocycles. The van der Waals surface area contributed by atoms with Crippen molar-refractivity contribution >= 4 is 0 Å². The summed E-state index contributed by atoms with van der Waals surface area (Å²) in [5, 5.41) is 18.1. The number of alkyl halides is 2. The number of halogens is 2. The van der Waals surface area contributed by atoms with Crippen molar-refractivity contribution < 1.29 is 18.8 Å². The van der Waals surface area contributed by atoms with Crippen LogP contribution < -0.4 is 0 Å². The highest BCUT2D eigenvalue weighted by atomic mass is 19.3. The monoisotopic (exact) mass is 155 g/mol. The lowest BCUT2D eigenvalue weighted by Gasteiger charge is -2.09. The molecule has 2 atom stereocenters. The molecule has 0 unspecified atom stereocenters. The Bertz CT molecular complexity index is 130. The molecule has 0 aromatic rings. The van der Waals surface area contributed by atoms with Gasteiger partial charge in [-0.1, -0.05) is 0 Å². The number of nitrogens with zero attached hydrogens (tertiary/aromatic N) is 1. The molecule has 0 spiro atoms. The maximum Gasteiger partial charge on any atom is 0.270 e. The highest BCUT2D eigenvalue weighted by molar-refractivity contribution is 4.64. The van der Waals surface area contributed by atoms with Crippen molar-refractivity contribution in [2.75, 3.05) is 0 Å². The van der Waals surface area contributed by atoms with Crippen LogP contribution in [0.3, 0.4) is 0 Å². The molecule has 0 saturated heterocycles. The summed E-state index contributed by atoms with van der Waals surface area (Å²) in [5.74, 6) is 0. The molecular weight excluding hydrogens is 148 g/mol. The minimum absolute atomic E-state index is 0.927. The molecule has 0 aromatic carbocycles. The van der Waals surface area contributed by atoms with Gasteiger partial charge in [-0.3, -0.25) is 10.1 Å². The summed E-state index contributed by atoms with van der Waals surface area (Å²) >= 11 is 0. The Kier molecular flexibility index (Phi) is 3.14. The van der Waals surface area contributed by atoms with Crippen LogP contribution in [0.15, 0.2) is 0 Å². The second-order valence-corrected chi connectivity index (χ2v) is 1.85. The maximum absolute atomic E-state index is 11.5. The number of aliphatic hydroxyl groups is 1. The Hall–Kier alpha value is -0.780. The molecule has 6 heteroatoms. The quantitative estimate of drug-likeness (QED) is 0.470. The van der Waals surface area contributed by atoms with Crippen molar-refractivity contribution in [1.82, 2.24) is 0 Å². The summed E-state index contributed by atoms with van der Waals surface area (Å²) in [6.45, 7) is 0.927. The largest absolute Gasteiger partial charge is 0.381 e. The van der Waals surface area contributed by atoms with Gasteiger partial charge in [0.1, 0.15) is 0 Å². The Morgan fingerprint density at radius 3 is 2.10 bits per heavy atom. The first-order valence-electron chi connectivity index (χ1n) is 2.56. The van der Waals surface area contributed by atoms with Crippen LogP contribution in [0.25, 0.3) is 0 Å². The van der Waals surface area contributed by atoms with Gasteiger partial charge in [-0.15, -0.1) is 0 Å². The lowest BCUT2D eigenvalue weighted by atomic mass is 10.2. The molecular formula is C4H7F2NO3. The molecule has 0 aliphatic carbocycles. The molecule has 0 aliphatic heterocycles. The second kappa shape index (κ2) is 3.40. The second-order valence-electron chi connectivity index (χ2n) is 1.85. The topological polar surface area (TPSA) is 63.4 Å². The lowest BCUT2D eigenvalue weighted by molar-refractivity contribution is -0.533. The fourth-order valence-electron chi connectivity index (χ4n) is 0.335. The first kappa shape index (κ1) is 9.22. The van der Waals surface area contributed by atoms with Crippen LogP contribution in [-0.2, 0) is 0 Å². The van der Waals surface area contributed by atoms with E-state index in [-0.39, 0.29) is 0 Å². The van der Waals surface area contributed by atoms with E-state index in [4.69, 9.17) is 5.11 Å². The fraction of sp³-hybridized carbons (Fsp3) is 1.00. The van der Waals surface area contributed by atoms with Crippen LogP contribution in [-0.4, -0.2) is 28.6 Å². The van der Waals surface area contributed by atoms with Crippen LogP contribution in [0.2, 0.25) is 0 Å². The van der Waals surface area contributed by atoms with E-state index in [2.05, 4.69) is 0 Å². The summed E-state index contributed by atoms with van der Waals surface area (Å²) in [6, 6.07) is -1.61. The SMILES string of the molecule is C[C@@H]([C@H](O)C(F)F)[N+](=O)[O-]. The highest BCUT2D eigenvalue weighted by Crippen LogP contribution is 2.06. The summed E-state index contributed by atoms with van der Waals surface area (Å²) in [7, 11) is 0. The van der Waals surface area contributed by atoms with Crippen molar-refractivity contribution in [3.05, 3.63) is 10.1 Å². The average molecular weight is 155 g/mol. The van der Waals surface area contributed by atoms with Crippen molar-refractivity contribution in [2.24, 2.45) is 0 Å². The van der Waals surface area contributed by atoms with Gasteiger partial charge < -0.3 is 5.11 Å². The maximum atomic E-state index is 11.5. The minimum atomic E-state index is -3.06. The third-order valence-electron chi connectivity index (χ3n) is 1.08. The van der Waals surface area contributed by atoms with Gasteiger partial charge >= 0.3 is 0 Å². The molecule has 0 amide bonds. The van der Waals surface area contributed by atoms with Crippen molar-refractivity contribution in [1.29, 1.82) is 0 Å². The highest BCUT2D eigenvalue weighted by Gasteiger charge is 2.31. The molecule has 0 heterocycles. The van der Waals surface area contributed by atoms with Gasteiger partial charge in [0, 0.05) is 11.8 Å². The summed E-state index contributed by atoms with van der Waals surface area (Å²) in [4.78, 5) is 8.81. The van der Waals surface area contributed by atoms with E-state index >= 15 is 0 Å². The zero-order valence-corrected chi connectivity index (χ0v) is 5.20. The molecule has 10 heavy (non-hydrogen) atoms. The molecule has 0 bridgehead atoms. The van der Waals surface area contributed by atoms with E-state index in [1.807, 2.05) is 0 Å². The van der Waals surface area contributed by atoms with Crippen molar-refractivity contribution in [3.63, 3.8) is 0 Å². The molecule has 0 aliphatic rings. The summed E-state index contributed by atoms with van der Waals surface area (Å²) < 4.78 is 23.0. The van der Waals surface area contributed by atoms with Crippen LogP contribution in [0.1, 0.15) is 6.92 Å². The van der Waals surface area contributed by atoms with E-state index in [1.54, 1.807) is 0 Å². The van der Waals surface area contributed by atoms with Crippen LogP contribution in [0.5, 0.6) is 0 Å². The van der Waals surface area contributed by atoms with E-state index in [0.29, 0.717) is 0 Å². The number of rotatable bonds is 3. The Morgan fingerprint density at radius 1 is 1.60 bits per heavy atom. The van der Waals surface area contributed by atoms with Crippen LogP contribution in [0, 0.1) is 10.1 Å². The molecule has 0 fully saturated rings. The summed E-state index contributed by atoms with van der Waals surface area (Å²) in [5.41, 5.74) is 0. The van der Waals surface area contributed by atoms with Gasteiger partial charge in [0.05, 0.1) is 0 Å². The molecule has 0 rings (SSSR count). The van der Waals surface area contributed by atoms with E-state index in [9.17, 15) is 18.9 Å². The smallest absolute Gasteiger partial charge is 0.270 e.